The van der Waals surface area contributed by atoms with Gasteiger partial charge in [-0.25, -0.2) is 8.42 Å². The number of anilines is 1. The van der Waals surface area contributed by atoms with Gasteiger partial charge in [0.05, 0.1) is 10.6 Å². The molecule has 4 aromatic carbocycles. The summed E-state index contributed by atoms with van der Waals surface area (Å²) in [7, 11) is -3.95. The summed E-state index contributed by atoms with van der Waals surface area (Å²) in [5, 5.41) is 2.73. The van der Waals surface area contributed by atoms with Crippen LogP contribution in [0.4, 0.5) is 5.69 Å². The van der Waals surface area contributed by atoms with Crippen LogP contribution >= 0.6 is 15.9 Å². The molecule has 1 amide bonds. The first-order valence-corrected chi connectivity index (χ1v) is 13.9. The maximum atomic E-state index is 13.1. The molecule has 9 heteroatoms. The van der Waals surface area contributed by atoms with E-state index in [2.05, 4.69) is 31.0 Å². The molecule has 0 fully saturated rings. The standard InChI is InChI=1S/C29H24BrN3O4S/c1-20-12-15-24(16-13-20)38(36,37)33-29(22-10-6-3-7-11-22)31-19-27(34)32-26-17-14-23(30)18-25(26)28(35)21-8-4-2-5-9-21/h2-18H,19H2,1H3,(H,31,33)(H,32,34). The van der Waals surface area contributed by atoms with Crippen molar-refractivity contribution in [2.75, 3.05) is 11.9 Å². The quantitative estimate of drug-likeness (QED) is 0.164. The summed E-state index contributed by atoms with van der Waals surface area (Å²) < 4.78 is 29.2. The lowest BCUT2D eigenvalue weighted by molar-refractivity contribution is -0.114. The molecule has 2 N–H and O–H groups in total. The van der Waals surface area contributed by atoms with Gasteiger partial charge >= 0.3 is 0 Å². The molecule has 0 radical (unpaired) electrons. The maximum Gasteiger partial charge on any atom is 0.263 e. The zero-order valence-electron chi connectivity index (χ0n) is 20.4. The van der Waals surface area contributed by atoms with Crippen molar-refractivity contribution in [1.29, 1.82) is 0 Å². The molecule has 0 saturated heterocycles. The number of amides is 1. The van der Waals surface area contributed by atoms with Crippen molar-refractivity contribution in [2.24, 2.45) is 4.99 Å². The van der Waals surface area contributed by atoms with E-state index < -0.39 is 15.9 Å². The Labute approximate surface area is 229 Å². The molecule has 0 aromatic heterocycles. The van der Waals surface area contributed by atoms with Crippen molar-refractivity contribution < 1.29 is 18.0 Å². The van der Waals surface area contributed by atoms with Crippen LogP contribution in [0.5, 0.6) is 0 Å². The normalized spacial score (nSPS) is 11.6. The molecule has 0 bridgehead atoms. The molecule has 7 nitrogen and oxygen atoms in total. The molecule has 38 heavy (non-hydrogen) atoms. The van der Waals surface area contributed by atoms with Crippen LogP contribution in [0.1, 0.15) is 27.0 Å². The molecule has 0 spiro atoms. The molecule has 0 atom stereocenters. The second-order valence-corrected chi connectivity index (χ2v) is 11.0. The van der Waals surface area contributed by atoms with Gasteiger partial charge in [0, 0.05) is 21.2 Å². The highest BCUT2D eigenvalue weighted by Gasteiger charge is 2.19. The molecule has 0 aliphatic heterocycles. The van der Waals surface area contributed by atoms with Gasteiger partial charge in [0.1, 0.15) is 12.4 Å². The molecule has 0 aliphatic carbocycles. The molecule has 0 heterocycles. The lowest BCUT2D eigenvalue weighted by Crippen LogP contribution is -2.32. The predicted molar refractivity (Wildman–Crippen MR) is 152 cm³/mol. The maximum absolute atomic E-state index is 13.1. The number of aliphatic imine (C=N–C) groups is 1. The van der Waals surface area contributed by atoms with Crippen LogP contribution in [0.2, 0.25) is 0 Å². The van der Waals surface area contributed by atoms with Gasteiger partial charge in [-0.15, -0.1) is 0 Å². The number of hydrogen-bond acceptors (Lipinski definition) is 5. The van der Waals surface area contributed by atoms with E-state index in [-0.39, 0.29) is 23.1 Å². The number of amidine groups is 1. The van der Waals surface area contributed by atoms with Gasteiger partial charge in [0.2, 0.25) is 5.91 Å². The summed E-state index contributed by atoms with van der Waals surface area (Å²) in [6.07, 6.45) is 0. The van der Waals surface area contributed by atoms with Crippen LogP contribution in [0.25, 0.3) is 0 Å². The molecular formula is C29H24BrN3O4S. The number of carbonyl (C=O) groups excluding carboxylic acids is 2. The van der Waals surface area contributed by atoms with Crippen LogP contribution < -0.4 is 10.0 Å². The van der Waals surface area contributed by atoms with E-state index in [0.717, 1.165) is 5.56 Å². The Bertz CT molecular complexity index is 1590. The zero-order valence-corrected chi connectivity index (χ0v) is 22.8. The fourth-order valence-electron chi connectivity index (χ4n) is 3.58. The summed E-state index contributed by atoms with van der Waals surface area (Å²) >= 11 is 3.38. The predicted octanol–water partition coefficient (Wildman–Crippen LogP) is 5.35. The van der Waals surface area contributed by atoms with Gasteiger partial charge in [0.25, 0.3) is 10.0 Å². The van der Waals surface area contributed by atoms with Gasteiger partial charge in [0.15, 0.2) is 5.78 Å². The molecular weight excluding hydrogens is 566 g/mol. The number of nitrogens with one attached hydrogen (secondary N) is 2. The third-order valence-corrected chi connectivity index (χ3v) is 7.37. The smallest absolute Gasteiger partial charge is 0.263 e. The number of carbonyl (C=O) groups is 2. The second-order valence-electron chi connectivity index (χ2n) is 8.38. The molecule has 192 valence electrons. The average molecular weight is 590 g/mol. The Morgan fingerprint density at radius 1 is 0.816 bits per heavy atom. The first-order chi connectivity index (χ1) is 18.2. The molecule has 4 rings (SSSR count). The monoisotopic (exact) mass is 589 g/mol. The van der Waals surface area contributed by atoms with Crippen LogP contribution in [-0.4, -0.2) is 32.5 Å². The van der Waals surface area contributed by atoms with E-state index >= 15 is 0 Å². The highest BCUT2D eigenvalue weighted by atomic mass is 79.9. The summed E-state index contributed by atoms with van der Waals surface area (Å²) in [4.78, 5) is 30.4. The number of benzene rings is 4. The van der Waals surface area contributed by atoms with Crippen molar-refractivity contribution in [2.45, 2.75) is 11.8 Å². The van der Waals surface area contributed by atoms with Gasteiger partial charge in [-0.05, 0) is 37.3 Å². The Morgan fingerprint density at radius 3 is 2.05 bits per heavy atom. The summed E-state index contributed by atoms with van der Waals surface area (Å²) in [6, 6.07) is 28.8. The summed E-state index contributed by atoms with van der Waals surface area (Å²) in [6.45, 7) is 1.49. The van der Waals surface area contributed by atoms with Gasteiger partial charge in [-0.3, -0.25) is 19.3 Å². The van der Waals surface area contributed by atoms with E-state index in [0.29, 0.717) is 26.9 Å². The SMILES string of the molecule is Cc1ccc(S(=O)(=O)NC(=NCC(=O)Nc2ccc(Br)cc2C(=O)c2ccccc2)c2ccccc2)cc1. The van der Waals surface area contributed by atoms with Gasteiger partial charge in [-0.2, -0.15) is 0 Å². The van der Waals surface area contributed by atoms with Crippen molar-refractivity contribution in [3.8, 4) is 0 Å². The Kier molecular flexibility index (Phi) is 8.50. The van der Waals surface area contributed by atoms with Crippen molar-refractivity contribution in [1.82, 2.24) is 4.72 Å². The first kappa shape index (κ1) is 27.0. The van der Waals surface area contributed by atoms with Gasteiger partial charge in [-0.1, -0.05) is 94.3 Å². The number of rotatable bonds is 8. The number of halogens is 1. The molecule has 4 aromatic rings. The van der Waals surface area contributed by atoms with Gasteiger partial charge < -0.3 is 5.32 Å². The van der Waals surface area contributed by atoms with Crippen LogP contribution in [0.15, 0.2) is 117 Å². The van der Waals surface area contributed by atoms with Crippen molar-refractivity contribution >= 4 is 49.2 Å². The topological polar surface area (TPSA) is 105 Å². The molecule has 0 aliphatic rings. The van der Waals surface area contributed by atoms with E-state index in [1.54, 1.807) is 84.9 Å². The van der Waals surface area contributed by atoms with E-state index in [1.165, 1.54) is 12.1 Å². The lowest BCUT2D eigenvalue weighted by Gasteiger charge is -2.13. The summed E-state index contributed by atoms with van der Waals surface area (Å²) in [5.74, 6) is -0.739. The minimum Gasteiger partial charge on any atom is -0.324 e. The van der Waals surface area contributed by atoms with Crippen molar-refractivity contribution in [3.05, 3.63) is 130 Å². The van der Waals surface area contributed by atoms with Crippen LogP contribution in [-0.2, 0) is 14.8 Å². The number of hydrogen-bond donors (Lipinski definition) is 2. The average Bonchev–Trinajstić information content (AvgIpc) is 2.93. The third-order valence-electron chi connectivity index (χ3n) is 5.53. The second kappa shape index (κ2) is 12.0. The fourth-order valence-corrected chi connectivity index (χ4v) is 4.99. The highest BCUT2D eigenvalue weighted by molar-refractivity contribution is 9.10. The molecule has 0 unspecified atom stereocenters. The van der Waals surface area contributed by atoms with E-state index in [4.69, 9.17) is 0 Å². The number of aryl methyl sites for hydroxylation is 1. The minimum absolute atomic E-state index is 0.0257. The molecule has 0 saturated carbocycles. The number of nitrogens with zero attached hydrogens (tertiary/aromatic N) is 1. The zero-order chi connectivity index (χ0) is 27.1. The van der Waals surface area contributed by atoms with Crippen LogP contribution in [0, 0.1) is 6.92 Å². The fraction of sp³-hybridized carbons (Fsp3) is 0.0690. The number of ketones is 1. The van der Waals surface area contributed by atoms with Crippen molar-refractivity contribution in [3.63, 3.8) is 0 Å². The summed E-state index contributed by atoms with van der Waals surface area (Å²) in [5.41, 5.74) is 2.54. The van der Waals surface area contributed by atoms with E-state index in [9.17, 15) is 18.0 Å². The largest absolute Gasteiger partial charge is 0.324 e. The van der Waals surface area contributed by atoms with Crippen LogP contribution in [0.3, 0.4) is 0 Å². The minimum atomic E-state index is -3.95. The first-order valence-electron chi connectivity index (χ1n) is 11.6. The Balaban J connectivity index is 1.58. The number of sulfonamides is 1. The Hall–Kier alpha value is -4.08. The van der Waals surface area contributed by atoms with E-state index in [1.807, 2.05) is 13.0 Å². The Morgan fingerprint density at radius 2 is 1.42 bits per heavy atom. The lowest BCUT2D eigenvalue weighted by atomic mass is 10.0. The third kappa shape index (κ3) is 6.81. The highest BCUT2D eigenvalue weighted by Crippen LogP contribution is 2.24.